The van der Waals surface area contributed by atoms with Crippen molar-refractivity contribution in [2.45, 2.75) is 13.2 Å². The first-order valence-electron chi connectivity index (χ1n) is 5.86. The van der Waals surface area contributed by atoms with Gasteiger partial charge in [0.25, 0.3) is 5.91 Å². The minimum atomic E-state index is -0.893. The number of nitrogens with zero attached hydrogens (tertiary/aromatic N) is 1. The average molecular weight is 239 g/mol. The van der Waals surface area contributed by atoms with Crippen molar-refractivity contribution >= 4 is 11.6 Å². The standard InChI is InChI=1S/C15H13NO2/c1-10-5-4-6-11(9-10)16-14(17)12-7-2-3-8-13(12)15(16)18/h2-9,14,17H,1H3. The lowest BCUT2D eigenvalue weighted by Gasteiger charge is -2.21. The molecule has 0 radical (unpaired) electrons. The topological polar surface area (TPSA) is 40.5 Å². The van der Waals surface area contributed by atoms with E-state index in [9.17, 15) is 9.90 Å². The molecule has 3 rings (SSSR count). The fourth-order valence-electron chi connectivity index (χ4n) is 2.33. The van der Waals surface area contributed by atoms with Crippen LogP contribution in [0.15, 0.2) is 48.5 Å². The first-order chi connectivity index (χ1) is 8.68. The van der Waals surface area contributed by atoms with Gasteiger partial charge in [-0.1, -0.05) is 30.3 Å². The quantitative estimate of drug-likeness (QED) is 0.831. The molecular weight excluding hydrogens is 226 g/mol. The van der Waals surface area contributed by atoms with E-state index in [1.54, 1.807) is 12.1 Å². The van der Waals surface area contributed by atoms with Crippen molar-refractivity contribution in [3.63, 3.8) is 0 Å². The molecule has 0 aliphatic carbocycles. The third-order valence-electron chi connectivity index (χ3n) is 3.21. The van der Waals surface area contributed by atoms with Gasteiger partial charge in [-0.05, 0) is 30.7 Å². The Bertz CT molecular complexity index is 621. The van der Waals surface area contributed by atoms with Crippen molar-refractivity contribution in [2.75, 3.05) is 4.90 Å². The third-order valence-corrected chi connectivity index (χ3v) is 3.21. The Labute approximate surface area is 105 Å². The highest BCUT2D eigenvalue weighted by molar-refractivity contribution is 6.10. The Hall–Kier alpha value is -2.13. The van der Waals surface area contributed by atoms with Gasteiger partial charge in [0.15, 0.2) is 6.23 Å². The van der Waals surface area contributed by atoms with Crippen molar-refractivity contribution in [2.24, 2.45) is 0 Å². The minimum absolute atomic E-state index is 0.149. The Kier molecular flexibility index (Phi) is 2.42. The molecule has 1 aliphatic rings. The first kappa shape index (κ1) is 11.0. The van der Waals surface area contributed by atoms with Crippen LogP contribution in [0.25, 0.3) is 0 Å². The van der Waals surface area contributed by atoms with Crippen molar-refractivity contribution in [3.8, 4) is 0 Å². The molecule has 1 atom stereocenters. The highest BCUT2D eigenvalue weighted by Crippen LogP contribution is 2.35. The molecule has 0 fully saturated rings. The summed E-state index contributed by atoms with van der Waals surface area (Å²) in [5.74, 6) is -0.149. The molecule has 1 amide bonds. The molecule has 1 N–H and O–H groups in total. The van der Waals surface area contributed by atoms with Crippen molar-refractivity contribution in [1.29, 1.82) is 0 Å². The summed E-state index contributed by atoms with van der Waals surface area (Å²) in [6, 6.07) is 14.7. The van der Waals surface area contributed by atoms with Crippen molar-refractivity contribution in [1.82, 2.24) is 0 Å². The number of fused-ring (bicyclic) bond motifs is 1. The van der Waals surface area contributed by atoms with E-state index in [0.717, 1.165) is 11.3 Å². The molecule has 2 aromatic rings. The average Bonchev–Trinajstić information content (AvgIpc) is 2.63. The summed E-state index contributed by atoms with van der Waals surface area (Å²) in [5.41, 5.74) is 3.03. The van der Waals surface area contributed by atoms with E-state index >= 15 is 0 Å². The summed E-state index contributed by atoms with van der Waals surface area (Å²) in [5, 5.41) is 10.3. The van der Waals surface area contributed by atoms with Crippen LogP contribution < -0.4 is 4.90 Å². The number of aryl methyl sites for hydroxylation is 1. The number of carbonyl (C=O) groups excluding carboxylic acids is 1. The second kappa shape index (κ2) is 3.96. The Morgan fingerprint density at radius 1 is 1.11 bits per heavy atom. The Morgan fingerprint density at radius 3 is 2.61 bits per heavy atom. The smallest absolute Gasteiger partial charge is 0.261 e. The summed E-state index contributed by atoms with van der Waals surface area (Å²) >= 11 is 0. The zero-order chi connectivity index (χ0) is 12.7. The molecule has 3 nitrogen and oxygen atoms in total. The van der Waals surface area contributed by atoms with E-state index in [4.69, 9.17) is 0 Å². The number of anilines is 1. The lowest BCUT2D eigenvalue weighted by atomic mass is 10.1. The van der Waals surface area contributed by atoms with Gasteiger partial charge in [0.05, 0.1) is 0 Å². The second-order valence-electron chi connectivity index (χ2n) is 4.48. The lowest BCUT2D eigenvalue weighted by molar-refractivity contribution is 0.0935. The molecule has 90 valence electrons. The molecule has 3 heteroatoms. The molecule has 18 heavy (non-hydrogen) atoms. The maximum atomic E-state index is 12.3. The van der Waals surface area contributed by atoms with Crippen LogP contribution >= 0.6 is 0 Å². The normalized spacial score (nSPS) is 18.0. The fraction of sp³-hybridized carbons (Fsp3) is 0.133. The number of carbonyl (C=O) groups is 1. The predicted octanol–water partition coefficient (Wildman–Crippen LogP) is 2.65. The van der Waals surface area contributed by atoms with Gasteiger partial charge in [-0.25, -0.2) is 0 Å². The van der Waals surface area contributed by atoms with Crippen LogP contribution in [0, 0.1) is 6.92 Å². The molecule has 1 unspecified atom stereocenters. The maximum absolute atomic E-state index is 12.3. The van der Waals surface area contributed by atoms with Gasteiger partial charge in [0.1, 0.15) is 0 Å². The number of benzene rings is 2. The summed E-state index contributed by atoms with van der Waals surface area (Å²) in [6.45, 7) is 1.96. The van der Waals surface area contributed by atoms with E-state index in [1.807, 2.05) is 43.3 Å². The van der Waals surface area contributed by atoms with E-state index < -0.39 is 6.23 Å². The van der Waals surface area contributed by atoms with E-state index in [0.29, 0.717) is 11.1 Å². The predicted molar refractivity (Wildman–Crippen MR) is 69.4 cm³/mol. The molecule has 0 saturated carbocycles. The molecule has 0 aromatic heterocycles. The highest BCUT2D eigenvalue weighted by Gasteiger charge is 2.35. The van der Waals surface area contributed by atoms with Gasteiger partial charge >= 0.3 is 0 Å². The maximum Gasteiger partial charge on any atom is 0.261 e. The van der Waals surface area contributed by atoms with Crippen LogP contribution in [0.2, 0.25) is 0 Å². The molecule has 1 heterocycles. The van der Waals surface area contributed by atoms with E-state index in [-0.39, 0.29) is 5.91 Å². The summed E-state index contributed by atoms with van der Waals surface area (Å²) in [4.78, 5) is 13.7. The van der Waals surface area contributed by atoms with Gasteiger partial charge in [-0.2, -0.15) is 0 Å². The summed E-state index contributed by atoms with van der Waals surface area (Å²) in [7, 11) is 0. The van der Waals surface area contributed by atoms with Crippen LogP contribution in [0.4, 0.5) is 5.69 Å². The third kappa shape index (κ3) is 1.52. The highest BCUT2D eigenvalue weighted by atomic mass is 16.3. The number of aliphatic hydroxyl groups excluding tert-OH is 1. The number of amides is 1. The molecule has 1 aliphatic heterocycles. The fourth-order valence-corrected chi connectivity index (χ4v) is 2.33. The number of hydrogen-bond acceptors (Lipinski definition) is 2. The van der Waals surface area contributed by atoms with Crippen LogP contribution in [0.5, 0.6) is 0 Å². The van der Waals surface area contributed by atoms with Crippen LogP contribution in [0.1, 0.15) is 27.7 Å². The second-order valence-corrected chi connectivity index (χ2v) is 4.48. The largest absolute Gasteiger partial charge is 0.369 e. The zero-order valence-corrected chi connectivity index (χ0v) is 10.00. The van der Waals surface area contributed by atoms with Gasteiger partial charge in [-0.3, -0.25) is 9.69 Å². The monoisotopic (exact) mass is 239 g/mol. The van der Waals surface area contributed by atoms with Gasteiger partial charge < -0.3 is 5.11 Å². The molecule has 0 saturated heterocycles. The summed E-state index contributed by atoms with van der Waals surface area (Å²) in [6.07, 6.45) is -0.893. The lowest BCUT2D eigenvalue weighted by Crippen LogP contribution is -2.27. The summed E-state index contributed by atoms with van der Waals surface area (Å²) < 4.78 is 0. The number of hydrogen-bond donors (Lipinski definition) is 1. The zero-order valence-electron chi connectivity index (χ0n) is 10.00. The molecule has 2 aromatic carbocycles. The van der Waals surface area contributed by atoms with Crippen LogP contribution in [-0.2, 0) is 0 Å². The van der Waals surface area contributed by atoms with Gasteiger partial charge in [-0.15, -0.1) is 0 Å². The van der Waals surface area contributed by atoms with Crippen LogP contribution in [0.3, 0.4) is 0 Å². The van der Waals surface area contributed by atoms with Crippen molar-refractivity contribution in [3.05, 3.63) is 65.2 Å². The minimum Gasteiger partial charge on any atom is -0.369 e. The van der Waals surface area contributed by atoms with E-state index in [1.165, 1.54) is 4.90 Å². The molecule has 0 spiro atoms. The van der Waals surface area contributed by atoms with E-state index in [2.05, 4.69) is 0 Å². The number of aliphatic hydroxyl groups is 1. The van der Waals surface area contributed by atoms with Gasteiger partial charge in [0, 0.05) is 16.8 Å². The SMILES string of the molecule is Cc1cccc(N2C(=O)c3ccccc3C2O)c1. The number of rotatable bonds is 1. The Balaban J connectivity index is 2.09. The molecular formula is C15H13NO2. The first-order valence-corrected chi connectivity index (χ1v) is 5.86. The molecule has 0 bridgehead atoms. The van der Waals surface area contributed by atoms with Crippen molar-refractivity contribution < 1.29 is 9.90 Å². The van der Waals surface area contributed by atoms with Gasteiger partial charge in [0.2, 0.25) is 0 Å². The van der Waals surface area contributed by atoms with Crippen LogP contribution in [-0.4, -0.2) is 11.0 Å². The Morgan fingerprint density at radius 2 is 1.89 bits per heavy atom.